The summed E-state index contributed by atoms with van der Waals surface area (Å²) in [6.45, 7) is 0.0203. The molecule has 9 heteroatoms. The third-order valence-corrected chi connectivity index (χ3v) is 4.34. The van der Waals surface area contributed by atoms with Crippen molar-refractivity contribution in [2.75, 3.05) is 0 Å². The Balaban J connectivity index is 2.48. The van der Waals surface area contributed by atoms with Gasteiger partial charge in [-0.15, -0.1) is 0 Å². The molecular formula is C11H6Cl2IN3O3. The first-order valence-electron chi connectivity index (χ1n) is 5.23. The van der Waals surface area contributed by atoms with Crippen LogP contribution in [0.25, 0.3) is 0 Å². The fourth-order valence-electron chi connectivity index (χ4n) is 1.58. The minimum Gasteiger partial charge on any atom is -0.294 e. The van der Waals surface area contributed by atoms with Crippen LogP contribution in [0.2, 0.25) is 10.2 Å². The summed E-state index contributed by atoms with van der Waals surface area (Å²) in [5, 5.41) is 11.4. The van der Waals surface area contributed by atoms with E-state index in [1.165, 1.54) is 29.1 Å². The average molecular weight is 426 g/mol. The molecule has 2 aromatic rings. The van der Waals surface area contributed by atoms with Gasteiger partial charge in [0.25, 0.3) is 11.2 Å². The molecule has 0 saturated heterocycles. The van der Waals surface area contributed by atoms with Gasteiger partial charge in [-0.2, -0.15) is 0 Å². The van der Waals surface area contributed by atoms with E-state index in [2.05, 4.69) is 4.98 Å². The van der Waals surface area contributed by atoms with E-state index in [-0.39, 0.29) is 31.5 Å². The number of aromatic nitrogens is 2. The van der Waals surface area contributed by atoms with Gasteiger partial charge in [0, 0.05) is 16.7 Å². The summed E-state index contributed by atoms with van der Waals surface area (Å²) in [7, 11) is 0. The highest BCUT2D eigenvalue weighted by Crippen LogP contribution is 2.23. The van der Waals surface area contributed by atoms with Gasteiger partial charge in [-0.05, 0) is 34.7 Å². The fourth-order valence-corrected chi connectivity index (χ4v) is 2.32. The Morgan fingerprint density at radius 1 is 1.40 bits per heavy atom. The third-order valence-electron chi connectivity index (χ3n) is 2.52. The van der Waals surface area contributed by atoms with Crippen LogP contribution < -0.4 is 5.56 Å². The summed E-state index contributed by atoms with van der Waals surface area (Å²) >= 11 is 13.3. The first kappa shape index (κ1) is 15.2. The van der Waals surface area contributed by atoms with Crippen LogP contribution in [0.5, 0.6) is 0 Å². The van der Waals surface area contributed by atoms with Gasteiger partial charge in [0.1, 0.15) is 8.72 Å². The van der Waals surface area contributed by atoms with Gasteiger partial charge in [-0.1, -0.05) is 23.2 Å². The predicted octanol–water partition coefficient (Wildman–Crippen LogP) is 3.11. The number of nitro groups is 1. The number of halogens is 3. The number of rotatable bonds is 3. The Labute approximate surface area is 136 Å². The molecule has 1 heterocycles. The third kappa shape index (κ3) is 3.10. The molecule has 0 amide bonds. The van der Waals surface area contributed by atoms with E-state index in [1.807, 2.05) is 0 Å². The molecule has 0 bridgehead atoms. The summed E-state index contributed by atoms with van der Waals surface area (Å²) in [6, 6.07) is 4.29. The average Bonchev–Trinajstić information content (AvgIpc) is 2.41. The Kier molecular flexibility index (Phi) is 4.61. The number of benzene rings is 1. The largest absolute Gasteiger partial charge is 0.294 e. The van der Waals surface area contributed by atoms with Gasteiger partial charge in [0.2, 0.25) is 0 Å². The summed E-state index contributed by atoms with van der Waals surface area (Å²) in [5.74, 6) is 0. The van der Waals surface area contributed by atoms with Gasteiger partial charge in [0.15, 0.2) is 0 Å². The van der Waals surface area contributed by atoms with Gasteiger partial charge >= 0.3 is 0 Å². The molecule has 0 radical (unpaired) electrons. The SMILES string of the molecule is O=c1c(I)c(Cl)ncn1Cc1ccc(Cl)cc1[N+](=O)[O-]. The van der Waals surface area contributed by atoms with Crippen LogP contribution in [0.4, 0.5) is 5.69 Å². The van der Waals surface area contributed by atoms with Crippen molar-refractivity contribution in [3.05, 3.63) is 64.3 Å². The van der Waals surface area contributed by atoms with Crippen molar-refractivity contribution >= 4 is 51.5 Å². The molecule has 104 valence electrons. The van der Waals surface area contributed by atoms with Crippen LogP contribution in [-0.2, 0) is 6.54 Å². The molecule has 0 spiro atoms. The van der Waals surface area contributed by atoms with Crippen molar-refractivity contribution in [1.29, 1.82) is 0 Å². The topological polar surface area (TPSA) is 78.0 Å². The summed E-state index contributed by atoms with van der Waals surface area (Å²) in [5.41, 5.74) is -0.134. The molecule has 0 aliphatic rings. The van der Waals surface area contributed by atoms with Crippen LogP contribution >= 0.6 is 45.8 Å². The molecule has 0 aliphatic heterocycles. The Morgan fingerprint density at radius 3 is 2.75 bits per heavy atom. The van der Waals surface area contributed by atoms with E-state index in [9.17, 15) is 14.9 Å². The molecule has 0 aliphatic carbocycles. The van der Waals surface area contributed by atoms with Crippen LogP contribution in [-0.4, -0.2) is 14.5 Å². The smallest absolute Gasteiger partial charge is 0.275 e. The second-order valence-corrected chi connectivity index (χ2v) is 5.69. The lowest BCUT2D eigenvalue weighted by atomic mass is 10.2. The first-order valence-corrected chi connectivity index (χ1v) is 7.07. The minimum atomic E-state index is -0.541. The highest BCUT2D eigenvalue weighted by molar-refractivity contribution is 14.1. The maximum Gasteiger partial charge on any atom is 0.275 e. The van der Waals surface area contributed by atoms with E-state index in [1.54, 1.807) is 22.6 Å². The lowest BCUT2D eigenvalue weighted by Crippen LogP contribution is -2.24. The van der Waals surface area contributed by atoms with Gasteiger partial charge in [-0.25, -0.2) is 4.98 Å². The van der Waals surface area contributed by atoms with Crippen LogP contribution in [0.3, 0.4) is 0 Å². The highest BCUT2D eigenvalue weighted by atomic mass is 127. The Morgan fingerprint density at radius 2 is 2.10 bits per heavy atom. The second-order valence-electron chi connectivity index (χ2n) is 3.81. The zero-order valence-electron chi connectivity index (χ0n) is 9.72. The maximum absolute atomic E-state index is 12.0. The summed E-state index contributed by atoms with van der Waals surface area (Å²) in [6.07, 6.45) is 1.26. The molecule has 0 saturated carbocycles. The lowest BCUT2D eigenvalue weighted by molar-refractivity contribution is -0.385. The molecule has 0 fully saturated rings. The normalized spacial score (nSPS) is 10.6. The van der Waals surface area contributed by atoms with Crippen molar-refractivity contribution in [2.45, 2.75) is 6.54 Å². The zero-order chi connectivity index (χ0) is 14.9. The Bertz CT molecular complexity index is 748. The van der Waals surface area contributed by atoms with E-state index in [0.29, 0.717) is 5.56 Å². The van der Waals surface area contributed by atoms with Crippen molar-refractivity contribution in [2.24, 2.45) is 0 Å². The van der Waals surface area contributed by atoms with Crippen molar-refractivity contribution in [1.82, 2.24) is 9.55 Å². The van der Waals surface area contributed by atoms with Crippen molar-refractivity contribution in [3.63, 3.8) is 0 Å². The van der Waals surface area contributed by atoms with E-state index in [4.69, 9.17) is 23.2 Å². The Hall–Kier alpha value is -1.19. The number of hydrogen-bond donors (Lipinski definition) is 0. The van der Waals surface area contributed by atoms with Crippen LogP contribution in [0.15, 0.2) is 29.3 Å². The van der Waals surface area contributed by atoms with Gasteiger partial charge in [-0.3, -0.25) is 19.5 Å². The van der Waals surface area contributed by atoms with Gasteiger partial charge < -0.3 is 0 Å². The molecule has 0 N–H and O–H groups in total. The van der Waals surface area contributed by atoms with E-state index < -0.39 is 4.92 Å². The van der Waals surface area contributed by atoms with Crippen molar-refractivity contribution in [3.8, 4) is 0 Å². The molecule has 0 unspecified atom stereocenters. The predicted molar refractivity (Wildman–Crippen MR) is 83.4 cm³/mol. The van der Waals surface area contributed by atoms with E-state index in [0.717, 1.165) is 0 Å². The van der Waals surface area contributed by atoms with Crippen LogP contribution in [0.1, 0.15) is 5.56 Å². The summed E-state index contributed by atoms with van der Waals surface area (Å²) < 4.78 is 1.52. The molecular weight excluding hydrogens is 420 g/mol. The number of hydrogen-bond acceptors (Lipinski definition) is 4. The highest BCUT2D eigenvalue weighted by Gasteiger charge is 2.16. The molecule has 0 atom stereocenters. The number of nitro benzene ring substituents is 1. The first-order chi connectivity index (χ1) is 9.40. The fraction of sp³-hybridized carbons (Fsp3) is 0.0909. The minimum absolute atomic E-state index is 0.0203. The molecule has 1 aromatic carbocycles. The molecule has 2 rings (SSSR count). The van der Waals surface area contributed by atoms with Crippen LogP contribution in [0, 0.1) is 13.7 Å². The molecule has 6 nitrogen and oxygen atoms in total. The second kappa shape index (κ2) is 6.06. The maximum atomic E-state index is 12.0. The number of nitrogens with zero attached hydrogens (tertiary/aromatic N) is 3. The summed E-state index contributed by atoms with van der Waals surface area (Å²) in [4.78, 5) is 26.3. The monoisotopic (exact) mass is 425 g/mol. The zero-order valence-corrected chi connectivity index (χ0v) is 13.4. The molecule has 1 aromatic heterocycles. The van der Waals surface area contributed by atoms with Gasteiger partial charge in [0.05, 0.1) is 17.8 Å². The van der Waals surface area contributed by atoms with E-state index >= 15 is 0 Å². The quantitative estimate of drug-likeness (QED) is 0.327. The lowest BCUT2D eigenvalue weighted by Gasteiger charge is -2.07. The molecule has 20 heavy (non-hydrogen) atoms. The van der Waals surface area contributed by atoms with Crippen molar-refractivity contribution < 1.29 is 4.92 Å². The standard InChI is InChI=1S/C11H6Cl2IN3O3/c12-7-2-1-6(8(3-7)17(19)20)4-16-5-15-10(13)9(14)11(16)18/h1-3,5H,4H2.